The maximum atomic E-state index is 12.7. The van der Waals surface area contributed by atoms with E-state index in [2.05, 4.69) is 66.4 Å². The summed E-state index contributed by atoms with van der Waals surface area (Å²) in [4.78, 5) is 37.6. The molecule has 1 fully saturated rings. The summed E-state index contributed by atoms with van der Waals surface area (Å²) in [5.74, 6) is 2.25. The SMILES string of the molecule is CCCC[C@H](CC)OC(=O)C1CCN(Cc2ccc(Nc3nccc(Nc4ccnc(-c5cccc(C)n5)n4)n3)cc2)CC1. The highest BCUT2D eigenvalue weighted by Crippen LogP contribution is 2.24. The van der Waals surface area contributed by atoms with Crippen molar-refractivity contribution < 1.29 is 9.53 Å². The van der Waals surface area contributed by atoms with Gasteiger partial charge in [-0.05, 0) is 87.7 Å². The van der Waals surface area contributed by atoms with Crippen LogP contribution >= 0.6 is 0 Å². The fraction of sp³-hybridized carbons (Fsp3) is 0.412. The van der Waals surface area contributed by atoms with Crippen LogP contribution in [0.15, 0.2) is 67.0 Å². The van der Waals surface area contributed by atoms with Crippen molar-refractivity contribution in [3.63, 3.8) is 0 Å². The average Bonchev–Trinajstić information content (AvgIpc) is 3.04. The van der Waals surface area contributed by atoms with Gasteiger partial charge >= 0.3 is 5.97 Å². The molecular weight excluding hydrogens is 552 g/mol. The summed E-state index contributed by atoms with van der Waals surface area (Å²) in [7, 11) is 0. The Kier molecular flexibility index (Phi) is 10.8. The van der Waals surface area contributed by atoms with Gasteiger partial charge in [-0.25, -0.2) is 19.9 Å². The van der Waals surface area contributed by atoms with Crippen molar-refractivity contribution in [2.24, 2.45) is 5.92 Å². The number of nitrogens with zero attached hydrogens (tertiary/aromatic N) is 6. The van der Waals surface area contributed by atoms with Crippen LogP contribution in [0.4, 0.5) is 23.3 Å². The van der Waals surface area contributed by atoms with E-state index < -0.39 is 0 Å². The Morgan fingerprint density at radius 1 is 0.932 bits per heavy atom. The Hall–Kier alpha value is -4.44. The number of esters is 1. The second-order valence-electron chi connectivity index (χ2n) is 11.3. The number of nitrogens with one attached hydrogen (secondary N) is 2. The summed E-state index contributed by atoms with van der Waals surface area (Å²) in [5, 5.41) is 6.52. The van der Waals surface area contributed by atoms with E-state index in [1.165, 1.54) is 5.56 Å². The molecule has 0 aliphatic carbocycles. The molecule has 0 saturated carbocycles. The highest BCUT2D eigenvalue weighted by atomic mass is 16.5. The number of aromatic nitrogens is 5. The molecular formula is C34H42N8O2. The third-order valence-electron chi connectivity index (χ3n) is 7.84. The van der Waals surface area contributed by atoms with Crippen molar-refractivity contribution in [2.75, 3.05) is 23.7 Å². The number of carbonyl (C=O) groups is 1. The van der Waals surface area contributed by atoms with E-state index in [0.29, 0.717) is 23.4 Å². The molecule has 44 heavy (non-hydrogen) atoms. The summed E-state index contributed by atoms with van der Waals surface area (Å²) >= 11 is 0. The Morgan fingerprint density at radius 3 is 2.41 bits per heavy atom. The molecule has 10 nitrogen and oxygen atoms in total. The molecule has 230 valence electrons. The maximum Gasteiger partial charge on any atom is 0.309 e. The van der Waals surface area contributed by atoms with E-state index >= 15 is 0 Å². The lowest BCUT2D eigenvalue weighted by atomic mass is 9.96. The quantitative estimate of drug-likeness (QED) is 0.159. The number of carbonyl (C=O) groups excluding carboxylic acids is 1. The minimum Gasteiger partial charge on any atom is -0.462 e. The Labute approximate surface area is 259 Å². The number of hydrogen-bond acceptors (Lipinski definition) is 10. The summed E-state index contributed by atoms with van der Waals surface area (Å²) in [5.41, 5.74) is 3.75. The molecule has 4 heterocycles. The van der Waals surface area contributed by atoms with Crippen molar-refractivity contribution in [3.05, 3.63) is 78.2 Å². The Morgan fingerprint density at radius 2 is 1.68 bits per heavy atom. The number of hydrogen-bond donors (Lipinski definition) is 2. The van der Waals surface area contributed by atoms with E-state index in [0.717, 1.165) is 75.2 Å². The number of pyridine rings is 1. The third kappa shape index (κ3) is 8.79. The van der Waals surface area contributed by atoms with E-state index in [4.69, 9.17) is 4.74 Å². The molecule has 0 spiro atoms. The number of ether oxygens (including phenoxy) is 1. The van der Waals surface area contributed by atoms with Gasteiger partial charge in [0.2, 0.25) is 5.95 Å². The molecule has 4 aromatic rings. The molecule has 1 aromatic carbocycles. The monoisotopic (exact) mass is 594 g/mol. The molecule has 0 radical (unpaired) electrons. The molecule has 1 saturated heterocycles. The first kappa shape index (κ1) is 31.0. The van der Waals surface area contributed by atoms with Gasteiger partial charge < -0.3 is 15.4 Å². The van der Waals surface area contributed by atoms with E-state index in [9.17, 15) is 4.79 Å². The van der Waals surface area contributed by atoms with Crippen LogP contribution in [0.25, 0.3) is 11.5 Å². The van der Waals surface area contributed by atoms with Gasteiger partial charge in [-0.2, -0.15) is 4.98 Å². The van der Waals surface area contributed by atoms with Crippen LogP contribution in [0.1, 0.15) is 63.6 Å². The highest BCUT2D eigenvalue weighted by Gasteiger charge is 2.27. The van der Waals surface area contributed by atoms with Gasteiger partial charge in [0, 0.05) is 30.3 Å². The number of piperidine rings is 1. The Balaban J connectivity index is 1.11. The van der Waals surface area contributed by atoms with Gasteiger partial charge in [0.1, 0.15) is 23.4 Å². The van der Waals surface area contributed by atoms with Crippen LogP contribution in [-0.4, -0.2) is 55.0 Å². The van der Waals surface area contributed by atoms with Gasteiger partial charge in [-0.3, -0.25) is 9.69 Å². The van der Waals surface area contributed by atoms with Crippen LogP contribution in [0.2, 0.25) is 0 Å². The summed E-state index contributed by atoms with van der Waals surface area (Å²) in [6, 6.07) is 17.7. The number of anilines is 4. The molecule has 3 aromatic heterocycles. The van der Waals surface area contributed by atoms with Gasteiger partial charge in [-0.1, -0.05) is 44.9 Å². The Bertz CT molecular complexity index is 1510. The first-order chi connectivity index (χ1) is 21.5. The second kappa shape index (κ2) is 15.3. The zero-order valence-electron chi connectivity index (χ0n) is 25.9. The van der Waals surface area contributed by atoms with Crippen molar-refractivity contribution in [2.45, 2.75) is 71.9 Å². The molecule has 2 N–H and O–H groups in total. The fourth-order valence-electron chi connectivity index (χ4n) is 5.29. The van der Waals surface area contributed by atoms with Crippen molar-refractivity contribution in [3.8, 4) is 11.5 Å². The minimum absolute atomic E-state index is 0.00846. The molecule has 1 aliphatic heterocycles. The standard InChI is InChI=1S/C34H42N8O2/c1-4-6-9-28(5-2)44-33(43)26-17-21-42(22-18-26)23-25-11-13-27(14-12-25)38-34-36-20-16-31(41-34)39-30-15-19-35-32(40-30)29-10-7-8-24(3)37-29/h7-8,10-16,19-20,26,28H,4-6,9,17-18,21-23H2,1-3H3,(H2,35,36,38,39,40,41)/t28-/m0/s1. The summed E-state index contributed by atoms with van der Waals surface area (Å²) < 4.78 is 5.83. The lowest BCUT2D eigenvalue weighted by Gasteiger charge is -2.31. The van der Waals surface area contributed by atoms with E-state index in [-0.39, 0.29) is 18.0 Å². The maximum absolute atomic E-state index is 12.7. The van der Waals surface area contributed by atoms with Gasteiger partial charge in [0.25, 0.3) is 0 Å². The van der Waals surface area contributed by atoms with Crippen LogP contribution in [0.5, 0.6) is 0 Å². The molecule has 0 unspecified atom stereocenters. The lowest BCUT2D eigenvalue weighted by Crippen LogP contribution is -2.37. The average molecular weight is 595 g/mol. The number of unbranched alkanes of at least 4 members (excludes halogenated alkanes) is 1. The molecule has 10 heteroatoms. The van der Waals surface area contributed by atoms with Crippen molar-refractivity contribution in [1.29, 1.82) is 0 Å². The van der Waals surface area contributed by atoms with Gasteiger partial charge in [0.05, 0.1) is 5.92 Å². The van der Waals surface area contributed by atoms with Crippen molar-refractivity contribution in [1.82, 2.24) is 29.8 Å². The van der Waals surface area contributed by atoms with Crippen LogP contribution < -0.4 is 10.6 Å². The van der Waals surface area contributed by atoms with Crippen LogP contribution in [-0.2, 0) is 16.1 Å². The van der Waals surface area contributed by atoms with Crippen LogP contribution in [0, 0.1) is 12.8 Å². The fourth-order valence-corrected chi connectivity index (χ4v) is 5.29. The van der Waals surface area contributed by atoms with Crippen molar-refractivity contribution >= 4 is 29.2 Å². The smallest absolute Gasteiger partial charge is 0.309 e. The van der Waals surface area contributed by atoms with Crippen LogP contribution in [0.3, 0.4) is 0 Å². The zero-order chi connectivity index (χ0) is 30.7. The molecule has 0 bridgehead atoms. The zero-order valence-corrected chi connectivity index (χ0v) is 25.9. The third-order valence-corrected chi connectivity index (χ3v) is 7.84. The number of likely N-dealkylation sites (tertiary alicyclic amines) is 1. The molecule has 5 rings (SSSR count). The predicted molar refractivity (Wildman–Crippen MR) is 173 cm³/mol. The number of rotatable bonds is 13. The van der Waals surface area contributed by atoms with Gasteiger partial charge in [0.15, 0.2) is 5.82 Å². The van der Waals surface area contributed by atoms with Gasteiger partial charge in [-0.15, -0.1) is 0 Å². The summed E-state index contributed by atoms with van der Waals surface area (Å²) in [6.45, 7) is 8.85. The van der Waals surface area contributed by atoms with E-state index in [1.807, 2.05) is 37.3 Å². The molecule has 0 amide bonds. The largest absolute Gasteiger partial charge is 0.462 e. The highest BCUT2D eigenvalue weighted by molar-refractivity contribution is 5.72. The molecule has 1 atom stereocenters. The normalized spacial score (nSPS) is 14.6. The number of benzene rings is 1. The number of aryl methyl sites for hydroxylation is 1. The van der Waals surface area contributed by atoms with E-state index in [1.54, 1.807) is 24.5 Å². The first-order valence-corrected chi connectivity index (χ1v) is 15.6. The second-order valence-corrected chi connectivity index (χ2v) is 11.3. The summed E-state index contributed by atoms with van der Waals surface area (Å²) in [6.07, 6.45) is 9.25. The predicted octanol–water partition coefficient (Wildman–Crippen LogP) is 6.85. The lowest BCUT2D eigenvalue weighted by molar-refractivity contribution is -0.156. The topological polar surface area (TPSA) is 118 Å². The minimum atomic E-state index is -0.00846. The first-order valence-electron chi connectivity index (χ1n) is 15.6. The molecule has 1 aliphatic rings.